The molecule has 0 radical (unpaired) electrons. The Morgan fingerprint density at radius 2 is 2.11 bits per heavy atom. The quantitative estimate of drug-likeness (QED) is 0.927. The molecule has 4 heteroatoms. The molecule has 0 atom stereocenters. The summed E-state index contributed by atoms with van der Waals surface area (Å²) < 4.78 is 1.11. The number of hydrogen-bond acceptors (Lipinski definition) is 3. The highest BCUT2D eigenvalue weighted by Crippen LogP contribution is 2.34. The SMILES string of the molecule is CCC1(N)CN(c2nccc3c(Br)cccc23)C1. The molecule has 0 bridgehead atoms. The highest BCUT2D eigenvalue weighted by atomic mass is 79.9. The monoisotopic (exact) mass is 305 g/mol. The molecule has 1 fully saturated rings. The Kier molecular flexibility index (Phi) is 2.79. The predicted molar refractivity (Wildman–Crippen MR) is 78.9 cm³/mol. The number of pyridine rings is 1. The molecule has 2 heterocycles. The molecule has 2 N–H and O–H groups in total. The Balaban J connectivity index is 2.02. The highest BCUT2D eigenvalue weighted by molar-refractivity contribution is 9.10. The van der Waals surface area contributed by atoms with Crippen molar-refractivity contribution < 1.29 is 0 Å². The standard InChI is InChI=1S/C14H16BrN3/c1-2-14(16)8-18(9-14)13-11-4-3-5-12(15)10(11)6-7-17-13/h3-7H,2,8-9,16H2,1H3. The van der Waals surface area contributed by atoms with E-state index in [1.165, 1.54) is 10.8 Å². The fourth-order valence-corrected chi connectivity index (χ4v) is 2.99. The molecule has 1 aliphatic heterocycles. The summed E-state index contributed by atoms with van der Waals surface area (Å²) >= 11 is 3.59. The van der Waals surface area contributed by atoms with E-state index in [2.05, 4.69) is 44.9 Å². The van der Waals surface area contributed by atoms with Gasteiger partial charge in [0.2, 0.25) is 0 Å². The third-order valence-electron chi connectivity index (χ3n) is 3.75. The van der Waals surface area contributed by atoms with Crippen molar-refractivity contribution in [1.29, 1.82) is 0 Å². The van der Waals surface area contributed by atoms with E-state index >= 15 is 0 Å². The van der Waals surface area contributed by atoms with Gasteiger partial charge < -0.3 is 10.6 Å². The zero-order valence-corrected chi connectivity index (χ0v) is 11.9. The van der Waals surface area contributed by atoms with Crippen molar-refractivity contribution >= 4 is 32.5 Å². The molecule has 0 spiro atoms. The van der Waals surface area contributed by atoms with Gasteiger partial charge in [-0.3, -0.25) is 0 Å². The summed E-state index contributed by atoms with van der Waals surface area (Å²) in [5, 5.41) is 2.39. The van der Waals surface area contributed by atoms with Gasteiger partial charge in [-0.15, -0.1) is 0 Å². The second-order valence-electron chi connectivity index (χ2n) is 5.04. The smallest absolute Gasteiger partial charge is 0.136 e. The van der Waals surface area contributed by atoms with Crippen molar-refractivity contribution in [2.24, 2.45) is 5.73 Å². The first-order valence-electron chi connectivity index (χ1n) is 6.20. The van der Waals surface area contributed by atoms with Crippen LogP contribution in [-0.4, -0.2) is 23.6 Å². The third kappa shape index (κ3) is 1.80. The molecular weight excluding hydrogens is 290 g/mol. The molecule has 1 aliphatic rings. The average molecular weight is 306 g/mol. The van der Waals surface area contributed by atoms with Crippen LogP contribution in [0.15, 0.2) is 34.9 Å². The maximum atomic E-state index is 6.23. The van der Waals surface area contributed by atoms with Crippen molar-refractivity contribution in [2.75, 3.05) is 18.0 Å². The summed E-state index contributed by atoms with van der Waals surface area (Å²) in [5.41, 5.74) is 6.19. The number of halogens is 1. The predicted octanol–water partition coefficient (Wildman–Crippen LogP) is 2.92. The van der Waals surface area contributed by atoms with Crippen molar-refractivity contribution in [3.63, 3.8) is 0 Å². The Labute approximate surface area is 115 Å². The van der Waals surface area contributed by atoms with Crippen LogP contribution in [0.25, 0.3) is 10.8 Å². The number of benzene rings is 1. The fraction of sp³-hybridized carbons (Fsp3) is 0.357. The van der Waals surface area contributed by atoms with Crippen molar-refractivity contribution in [3.05, 3.63) is 34.9 Å². The number of nitrogens with zero attached hydrogens (tertiary/aromatic N) is 2. The Bertz CT molecular complexity index is 591. The first kappa shape index (κ1) is 11.9. The summed E-state index contributed by atoms with van der Waals surface area (Å²) in [5.74, 6) is 1.04. The van der Waals surface area contributed by atoms with Gasteiger partial charge in [-0.05, 0) is 18.6 Å². The maximum Gasteiger partial charge on any atom is 0.136 e. The molecule has 1 aromatic carbocycles. The summed E-state index contributed by atoms with van der Waals surface area (Å²) in [4.78, 5) is 6.78. The van der Waals surface area contributed by atoms with Gasteiger partial charge in [0, 0.05) is 34.5 Å². The van der Waals surface area contributed by atoms with E-state index in [-0.39, 0.29) is 5.54 Å². The number of anilines is 1. The summed E-state index contributed by atoms with van der Waals surface area (Å²) in [6.45, 7) is 3.93. The first-order valence-corrected chi connectivity index (χ1v) is 6.99. The minimum Gasteiger partial charge on any atom is -0.352 e. The van der Waals surface area contributed by atoms with Gasteiger partial charge in [-0.1, -0.05) is 35.0 Å². The Morgan fingerprint density at radius 3 is 2.83 bits per heavy atom. The zero-order valence-electron chi connectivity index (χ0n) is 10.4. The van der Waals surface area contributed by atoms with E-state index in [1.54, 1.807) is 0 Å². The number of nitrogens with two attached hydrogens (primary N) is 1. The fourth-order valence-electron chi connectivity index (χ4n) is 2.49. The largest absolute Gasteiger partial charge is 0.352 e. The molecule has 2 aromatic rings. The molecule has 3 nitrogen and oxygen atoms in total. The summed E-state index contributed by atoms with van der Waals surface area (Å²) in [7, 11) is 0. The van der Waals surface area contributed by atoms with Crippen LogP contribution < -0.4 is 10.6 Å². The number of fused-ring (bicyclic) bond motifs is 1. The van der Waals surface area contributed by atoms with E-state index in [0.717, 1.165) is 29.8 Å². The normalized spacial score (nSPS) is 17.8. The topological polar surface area (TPSA) is 42.1 Å². The van der Waals surface area contributed by atoms with Gasteiger partial charge in [-0.2, -0.15) is 0 Å². The van der Waals surface area contributed by atoms with Crippen LogP contribution in [0.5, 0.6) is 0 Å². The average Bonchev–Trinajstić information content (AvgIpc) is 2.35. The third-order valence-corrected chi connectivity index (χ3v) is 4.44. The maximum absolute atomic E-state index is 6.23. The van der Waals surface area contributed by atoms with Gasteiger partial charge in [0.25, 0.3) is 0 Å². The zero-order chi connectivity index (χ0) is 12.8. The van der Waals surface area contributed by atoms with Gasteiger partial charge >= 0.3 is 0 Å². The molecule has 0 saturated carbocycles. The van der Waals surface area contributed by atoms with E-state index in [0.29, 0.717) is 0 Å². The molecule has 1 aromatic heterocycles. The number of hydrogen-bond donors (Lipinski definition) is 1. The van der Waals surface area contributed by atoms with E-state index in [1.807, 2.05) is 18.3 Å². The van der Waals surface area contributed by atoms with Crippen LogP contribution in [0.2, 0.25) is 0 Å². The van der Waals surface area contributed by atoms with Crippen molar-refractivity contribution in [3.8, 4) is 0 Å². The lowest BCUT2D eigenvalue weighted by molar-refractivity contribution is 0.321. The molecule has 1 saturated heterocycles. The van der Waals surface area contributed by atoms with Gasteiger partial charge in [-0.25, -0.2) is 4.98 Å². The lowest BCUT2D eigenvalue weighted by Crippen LogP contribution is -2.67. The lowest BCUT2D eigenvalue weighted by atomic mass is 9.88. The second-order valence-corrected chi connectivity index (χ2v) is 5.90. The van der Waals surface area contributed by atoms with E-state index < -0.39 is 0 Å². The minimum absolute atomic E-state index is 0.0319. The van der Waals surface area contributed by atoms with Gasteiger partial charge in [0.15, 0.2) is 0 Å². The molecule has 18 heavy (non-hydrogen) atoms. The number of rotatable bonds is 2. The first-order chi connectivity index (χ1) is 8.63. The van der Waals surface area contributed by atoms with E-state index in [4.69, 9.17) is 5.73 Å². The van der Waals surface area contributed by atoms with Crippen molar-refractivity contribution in [2.45, 2.75) is 18.9 Å². The van der Waals surface area contributed by atoms with E-state index in [9.17, 15) is 0 Å². The van der Waals surface area contributed by atoms with Crippen LogP contribution in [0.1, 0.15) is 13.3 Å². The molecule has 94 valence electrons. The van der Waals surface area contributed by atoms with Gasteiger partial charge in [0.05, 0.1) is 5.54 Å². The van der Waals surface area contributed by atoms with Crippen LogP contribution in [0, 0.1) is 0 Å². The molecule has 0 unspecified atom stereocenters. The Hall–Kier alpha value is -1.13. The lowest BCUT2D eigenvalue weighted by Gasteiger charge is -2.48. The molecule has 0 amide bonds. The molecule has 0 aliphatic carbocycles. The molecule has 3 rings (SSSR count). The van der Waals surface area contributed by atoms with Crippen LogP contribution in [-0.2, 0) is 0 Å². The van der Waals surface area contributed by atoms with Gasteiger partial charge in [0.1, 0.15) is 5.82 Å². The van der Waals surface area contributed by atoms with Crippen LogP contribution in [0.4, 0.5) is 5.82 Å². The number of aromatic nitrogens is 1. The summed E-state index contributed by atoms with van der Waals surface area (Å²) in [6, 6.07) is 8.26. The molecular formula is C14H16BrN3. The van der Waals surface area contributed by atoms with Crippen molar-refractivity contribution in [1.82, 2.24) is 4.98 Å². The van der Waals surface area contributed by atoms with Crippen LogP contribution >= 0.6 is 15.9 Å². The minimum atomic E-state index is -0.0319. The second kappa shape index (κ2) is 4.21. The Morgan fingerprint density at radius 1 is 1.33 bits per heavy atom. The van der Waals surface area contributed by atoms with Crippen LogP contribution in [0.3, 0.4) is 0 Å². The highest BCUT2D eigenvalue weighted by Gasteiger charge is 2.38. The summed E-state index contributed by atoms with van der Waals surface area (Å²) in [6.07, 6.45) is 2.88.